The van der Waals surface area contributed by atoms with E-state index >= 15 is 0 Å². The molecule has 0 aliphatic heterocycles. The molecule has 18 heavy (non-hydrogen) atoms. The van der Waals surface area contributed by atoms with Crippen LogP contribution in [-0.2, 0) is 6.54 Å². The molecule has 0 amide bonds. The largest absolute Gasteiger partial charge is 0.507 e. The van der Waals surface area contributed by atoms with Gasteiger partial charge in [0.05, 0.1) is 12.1 Å². The van der Waals surface area contributed by atoms with E-state index in [9.17, 15) is 5.11 Å². The molecule has 90 valence electrons. The number of hydrogen-bond acceptors (Lipinski definition) is 5. The SMILES string of the molecule is NCc1nc(-c2cc3ccccc3cc2O)no1. The van der Waals surface area contributed by atoms with Gasteiger partial charge in [-0.1, -0.05) is 29.4 Å². The number of nitrogens with two attached hydrogens (primary N) is 1. The summed E-state index contributed by atoms with van der Waals surface area (Å²) in [5, 5.41) is 15.8. The quantitative estimate of drug-likeness (QED) is 0.717. The van der Waals surface area contributed by atoms with Gasteiger partial charge in [0.1, 0.15) is 5.75 Å². The number of phenolic OH excluding ortho intramolecular Hbond substituents is 1. The first kappa shape index (κ1) is 10.7. The van der Waals surface area contributed by atoms with Crippen molar-refractivity contribution < 1.29 is 9.63 Å². The molecule has 0 unspecified atom stereocenters. The molecule has 3 N–H and O–H groups in total. The van der Waals surface area contributed by atoms with Gasteiger partial charge >= 0.3 is 0 Å². The Bertz CT molecular complexity index is 706. The van der Waals surface area contributed by atoms with Gasteiger partial charge in [0.2, 0.25) is 11.7 Å². The molecule has 0 aliphatic rings. The number of aromatic hydroxyl groups is 1. The van der Waals surface area contributed by atoms with Crippen LogP contribution in [0.5, 0.6) is 5.75 Å². The van der Waals surface area contributed by atoms with Crippen LogP contribution in [0.3, 0.4) is 0 Å². The lowest BCUT2D eigenvalue weighted by molar-refractivity contribution is 0.380. The van der Waals surface area contributed by atoms with Crippen molar-refractivity contribution in [3.8, 4) is 17.1 Å². The van der Waals surface area contributed by atoms with Crippen molar-refractivity contribution in [2.24, 2.45) is 5.73 Å². The molecule has 0 fully saturated rings. The second-order valence-electron chi connectivity index (χ2n) is 3.93. The fraction of sp³-hybridized carbons (Fsp3) is 0.0769. The van der Waals surface area contributed by atoms with Crippen molar-refractivity contribution in [3.05, 3.63) is 42.3 Å². The van der Waals surface area contributed by atoms with Gasteiger partial charge < -0.3 is 15.4 Å². The Morgan fingerprint density at radius 1 is 1.17 bits per heavy atom. The summed E-state index contributed by atoms with van der Waals surface area (Å²) in [5.74, 6) is 0.814. The zero-order chi connectivity index (χ0) is 12.5. The lowest BCUT2D eigenvalue weighted by Crippen LogP contribution is -1.95. The Morgan fingerprint density at radius 3 is 2.56 bits per heavy atom. The van der Waals surface area contributed by atoms with E-state index in [2.05, 4.69) is 10.1 Å². The number of phenols is 1. The fourth-order valence-corrected chi connectivity index (χ4v) is 1.85. The smallest absolute Gasteiger partial charge is 0.240 e. The summed E-state index contributed by atoms with van der Waals surface area (Å²) < 4.78 is 4.94. The number of benzene rings is 2. The van der Waals surface area contributed by atoms with Gasteiger partial charge in [0.25, 0.3) is 0 Å². The highest BCUT2D eigenvalue weighted by molar-refractivity contribution is 5.89. The van der Waals surface area contributed by atoms with Crippen molar-refractivity contribution in [1.82, 2.24) is 10.1 Å². The first-order valence-electron chi connectivity index (χ1n) is 5.52. The zero-order valence-corrected chi connectivity index (χ0v) is 9.50. The lowest BCUT2D eigenvalue weighted by atomic mass is 10.1. The second kappa shape index (κ2) is 4.12. The van der Waals surface area contributed by atoms with E-state index < -0.39 is 0 Å². The predicted molar refractivity (Wildman–Crippen MR) is 66.8 cm³/mol. The van der Waals surface area contributed by atoms with Gasteiger partial charge in [-0.15, -0.1) is 0 Å². The lowest BCUT2D eigenvalue weighted by Gasteiger charge is -2.03. The van der Waals surface area contributed by atoms with Crippen LogP contribution >= 0.6 is 0 Å². The summed E-state index contributed by atoms with van der Waals surface area (Å²) in [4.78, 5) is 4.10. The zero-order valence-electron chi connectivity index (χ0n) is 9.50. The molecule has 0 bridgehead atoms. The summed E-state index contributed by atoms with van der Waals surface area (Å²) in [5.41, 5.74) is 5.95. The monoisotopic (exact) mass is 241 g/mol. The molecule has 1 aromatic heterocycles. The molecule has 1 heterocycles. The first-order valence-corrected chi connectivity index (χ1v) is 5.52. The van der Waals surface area contributed by atoms with Crippen molar-refractivity contribution in [2.45, 2.75) is 6.54 Å². The second-order valence-corrected chi connectivity index (χ2v) is 3.93. The maximum atomic E-state index is 9.99. The van der Waals surface area contributed by atoms with E-state index in [1.165, 1.54) is 0 Å². The van der Waals surface area contributed by atoms with Gasteiger partial charge in [-0.2, -0.15) is 4.98 Å². The van der Waals surface area contributed by atoms with Crippen LogP contribution in [0.15, 0.2) is 40.9 Å². The molecule has 0 saturated carbocycles. The average molecular weight is 241 g/mol. The molecule has 0 atom stereocenters. The van der Waals surface area contributed by atoms with Crippen LogP contribution < -0.4 is 5.73 Å². The summed E-state index contributed by atoms with van der Waals surface area (Å²) in [6.45, 7) is 0.182. The van der Waals surface area contributed by atoms with Crippen molar-refractivity contribution in [2.75, 3.05) is 0 Å². The third kappa shape index (κ3) is 1.70. The van der Waals surface area contributed by atoms with Gasteiger partial charge in [-0.05, 0) is 22.9 Å². The Labute approximate surface area is 103 Å². The highest BCUT2D eigenvalue weighted by Crippen LogP contribution is 2.31. The summed E-state index contributed by atoms with van der Waals surface area (Å²) in [6.07, 6.45) is 0. The summed E-state index contributed by atoms with van der Waals surface area (Å²) in [6, 6.07) is 11.3. The molecular weight excluding hydrogens is 230 g/mol. The number of fused-ring (bicyclic) bond motifs is 1. The van der Waals surface area contributed by atoms with Crippen molar-refractivity contribution >= 4 is 10.8 Å². The van der Waals surface area contributed by atoms with Gasteiger partial charge in [-0.25, -0.2) is 0 Å². The van der Waals surface area contributed by atoms with Crippen LogP contribution in [-0.4, -0.2) is 15.2 Å². The van der Waals surface area contributed by atoms with E-state index in [0.29, 0.717) is 17.3 Å². The molecule has 2 aromatic carbocycles. The molecule has 3 rings (SSSR count). The molecule has 0 spiro atoms. The first-order chi connectivity index (χ1) is 8.78. The Balaban J connectivity index is 2.19. The highest BCUT2D eigenvalue weighted by Gasteiger charge is 2.12. The third-order valence-electron chi connectivity index (χ3n) is 2.75. The summed E-state index contributed by atoms with van der Waals surface area (Å²) >= 11 is 0. The summed E-state index contributed by atoms with van der Waals surface area (Å²) in [7, 11) is 0. The van der Waals surface area contributed by atoms with Gasteiger partial charge in [-0.3, -0.25) is 0 Å². The molecule has 0 aliphatic carbocycles. The molecular formula is C13H11N3O2. The Kier molecular flexibility index (Phi) is 2.46. The maximum absolute atomic E-state index is 9.99. The number of nitrogens with zero attached hydrogens (tertiary/aromatic N) is 2. The minimum Gasteiger partial charge on any atom is -0.507 e. The standard InChI is InChI=1S/C13H11N3O2/c14-7-12-15-13(16-18-12)10-5-8-3-1-2-4-9(8)6-11(10)17/h1-6,17H,7,14H2. The third-order valence-corrected chi connectivity index (χ3v) is 2.75. The Morgan fingerprint density at radius 2 is 1.89 bits per heavy atom. The Hall–Kier alpha value is -2.40. The maximum Gasteiger partial charge on any atom is 0.240 e. The minimum atomic E-state index is 0.123. The highest BCUT2D eigenvalue weighted by atomic mass is 16.5. The molecule has 0 radical (unpaired) electrons. The number of aromatic nitrogens is 2. The van der Waals surface area contributed by atoms with E-state index in [0.717, 1.165) is 10.8 Å². The molecule has 3 aromatic rings. The van der Waals surface area contributed by atoms with Crippen LogP contribution in [0, 0.1) is 0 Å². The minimum absolute atomic E-state index is 0.123. The van der Waals surface area contributed by atoms with E-state index in [1.807, 2.05) is 30.3 Å². The van der Waals surface area contributed by atoms with Crippen LogP contribution in [0.4, 0.5) is 0 Å². The normalized spacial score (nSPS) is 10.9. The predicted octanol–water partition coefficient (Wildman–Crippen LogP) is 2.05. The molecule has 5 heteroatoms. The number of rotatable bonds is 2. The van der Waals surface area contributed by atoms with E-state index in [1.54, 1.807) is 6.07 Å². The average Bonchev–Trinajstić information content (AvgIpc) is 2.86. The molecule has 5 nitrogen and oxygen atoms in total. The van der Waals surface area contributed by atoms with Crippen LogP contribution in [0.2, 0.25) is 0 Å². The van der Waals surface area contributed by atoms with Gasteiger partial charge in [0.15, 0.2) is 0 Å². The van der Waals surface area contributed by atoms with E-state index in [4.69, 9.17) is 10.3 Å². The van der Waals surface area contributed by atoms with Crippen LogP contribution in [0.25, 0.3) is 22.2 Å². The van der Waals surface area contributed by atoms with Crippen molar-refractivity contribution in [3.63, 3.8) is 0 Å². The van der Waals surface area contributed by atoms with E-state index in [-0.39, 0.29) is 12.3 Å². The molecule has 0 saturated heterocycles. The fourth-order valence-electron chi connectivity index (χ4n) is 1.85. The number of hydrogen-bond donors (Lipinski definition) is 2. The van der Waals surface area contributed by atoms with Crippen molar-refractivity contribution in [1.29, 1.82) is 0 Å². The van der Waals surface area contributed by atoms with Crippen LogP contribution in [0.1, 0.15) is 5.89 Å². The van der Waals surface area contributed by atoms with Gasteiger partial charge in [0, 0.05) is 0 Å². The topological polar surface area (TPSA) is 85.2 Å².